The van der Waals surface area contributed by atoms with Crippen LogP contribution in [0.3, 0.4) is 0 Å². The number of nitrogens with one attached hydrogen (secondary N) is 2. The highest BCUT2D eigenvalue weighted by Gasteiger charge is 2.14. The number of thiazole rings is 1. The number of hydrogen-bond donors (Lipinski definition) is 2. The molecule has 0 radical (unpaired) electrons. The predicted octanol–water partition coefficient (Wildman–Crippen LogP) is 3.02. The number of halogens is 1. The Kier molecular flexibility index (Phi) is 5.28. The van der Waals surface area contributed by atoms with Gasteiger partial charge in [-0.2, -0.15) is 0 Å². The van der Waals surface area contributed by atoms with Gasteiger partial charge < -0.3 is 10.2 Å². The second-order valence-electron chi connectivity index (χ2n) is 5.92. The zero-order valence-corrected chi connectivity index (χ0v) is 16.0. The molecule has 4 nitrogen and oxygen atoms in total. The van der Waals surface area contributed by atoms with Crippen molar-refractivity contribution in [3.8, 4) is 0 Å². The summed E-state index contributed by atoms with van der Waals surface area (Å²) in [6.45, 7) is 3.16. The van der Waals surface area contributed by atoms with Crippen LogP contribution in [0.1, 0.15) is 10.6 Å². The van der Waals surface area contributed by atoms with E-state index in [2.05, 4.69) is 32.3 Å². The molecule has 6 heteroatoms. The Morgan fingerprint density at radius 2 is 2.08 bits per heavy atom. The lowest BCUT2D eigenvalue weighted by atomic mass is 10.2. The number of para-hydroxylation sites is 1. The number of carbonyl (C=O) groups excluding carboxylic acids is 1. The Hall–Kier alpha value is -1.76. The number of benzene rings is 2. The molecule has 0 aliphatic heterocycles. The molecule has 0 aliphatic rings. The summed E-state index contributed by atoms with van der Waals surface area (Å²) in [5, 5.41) is 4.01. The number of aromatic nitrogens is 1. The molecule has 0 spiro atoms. The van der Waals surface area contributed by atoms with Gasteiger partial charge in [0.1, 0.15) is 11.6 Å². The van der Waals surface area contributed by atoms with Crippen LogP contribution in [0.4, 0.5) is 5.69 Å². The SMILES string of the molecule is Cc1ccc(NC(=O)C[NH+](C)Cc2nc3ccccc3s2)c(Br)c1. The molecule has 0 saturated carbocycles. The number of rotatable bonds is 5. The van der Waals surface area contributed by atoms with Gasteiger partial charge in [0.2, 0.25) is 0 Å². The van der Waals surface area contributed by atoms with Gasteiger partial charge in [-0.3, -0.25) is 4.79 Å². The molecular weight excluding hydrogens is 386 g/mol. The molecule has 0 aliphatic carbocycles. The van der Waals surface area contributed by atoms with Crippen molar-refractivity contribution in [2.24, 2.45) is 0 Å². The Balaban J connectivity index is 1.59. The molecule has 0 bridgehead atoms. The standard InChI is InChI=1S/C18H18BrN3OS/c1-12-7-8-14(13(19)9-12)20-17(23)10-22(2)11-18-21-15-5-3-4-6-16(15)24-18/h3-9H,10-11H2,1-2H3,(H,20,23)/p+1. The fourth-order valence-corrected chi connectivity index (χ4v) is 4.18. The van der Waals surface area contributed by atoms with E-state index in [0.717, 1.165) is 37.7 Å². The zero-order valence-electron chi connectivity index (χ0n) is 13.6. The topological polar surface area (TPSA) is 46.4 Å². The van der Waals surface area contributed by atoms with Gasteiger partial charge in [-0.25, -0.2) is 4.98 Å². The average molecular weight is 405 g/mol. The molecule has 0 saturated heterocycles. The quantitative estimate of drug-likeness (QED) is 0.686. The van der Waals surface area contributed by atoms with Crippen LogP contribution in [0, 0.1) is 6.92 Å². The van der Waals surface area contributed by atoms with Crippen LogP contribution in [0.2, 0.25) is 0 Å². The first-order valence-corrected chi connectivity index (χ1v) is 9.34. The molecule has 0 fully saturated rings. The first-order valence-electron chi connectivity index (χ1n) is 7.73. The van der Waals surface area contributed by atoms with E-state index in [1.807, 2.05) is 50.4 Å². The monoisotopic (exact) mass is 404 g/mol. The van der Waals surface area contributed by atoms with Gasteiger partial charge in [-0.05, 0) is 52.7 Å². The van der Waals surface area contributed by atoms with Crippen LogP contribution in [-0.2, 0) is 11.3 Å². The normalized spacial score (nSPS) is 12.3. The predicted molar refractivity (Wildman–Crippen MR) is 103 cm³/mol. The molecule has 1 aromatic heterocycles. The highest BCUT2D eigenvalue weighted by atomic mass is 79.9. The van der Waals surface area contributed by atoms with E-state index in [9.17, 15) is 4.79 Å². The number of nitrogens with zero attached hydrogens (tertiary/aromatic N) is 1. The van der Waals surface area contributed by atoms with Crippen LogP contribution in [-0.4, -0.2) is 24.5 Å². The number of aryl methyl sites for hydroxylation is 1. The number of fused-ring (bicyclic) bond motifs is 1. The molecule has 1 unspecified atom stereocenters. The maximum absolute atomic E-state index is 12.3. The van der Waals surface area contributed by atoms with Crippen LogP contribution in [0.15, 0.2) is 46.9 Å². The molecule has 3 rings (SSSR count). The Labute approximate surface area is 153 Å². The third kappa shape index (κ3) is 4.20. The van der Waals surface area contributed by atoms with Crippen molar-refractivity contribution < 1.29 is 9.69 Å². The number of carbonyl (C=O) groups is 1. The lowest BCUT2D eigenvalue weighted by Crippen LogP contribution is -3.08. The summed E-state index contributed by atoms with van der Waals surface area (Å²) >= 11 is 5.17. The van der Waals surface area contributed by atoms with E-state index in [1.54, 1.807) is 11.3 Å². The minimum Gasteiger partial charge on any atom is -0.324 e. The second kappa shape index (κ2) is 7.42. The lowest BCUT2D eigenvalue weighted by Gasteiger charge is -2.13. The molecule has 1 heterocycles. The minimum absolute atomic E-state index is 0.00170. The number of quaternary nitrogens is 1. The van der Waals surface area contributed by atoms with Crippen molar-refractivity contribution in [2.45, 2.75) is 13.5 Å². The van der Waals surface area contributed by atoms with Crippen molar-refractivity contribution in [3.05, 3.63) is 57.5 Å². The van der Waals surface area contributed by atoms with E-state index < -0.39 is 0 Å². The second-order valence-corrected chi connectivity index (χ2v) is 7.89. The van der Waals surface area contributed by atoms with E-state index in [0.29, 0.717) is 6.54 Å². The fraction of sp³-hybridized carbons (Fsp3) is 0.222. The molecule has 2 N–H and O–H groups in total. The molecular formula is C18H19BrN3OS+. The van der Waals surface area contributed by atoms with E-state index >= 15 is 0 Å². The van der Waals surface area contributed by atoms with Gasteiger partial charge in [0, 0.05) is 4.47 Å². The van der Waals surface area contributed by atoms with Crippen LogP contribution < -0.4 is 10.2 Å². The Bertz CT molecular complexity index is 845. The summed E-state index contributed by atoms with van der Waals surface area (Å²) in [5.74, 6) is -0.00170. The number of anilines is 1. The summed E-state index contributed by atoms with van der Waals surface area (Å²) in [6.07, 6.45) is 0. The lowest BCUT2D eigenvalue weighted by molar-refractivity contribution is -0.885. The molecule has 24 heavy (non-hydrogen) atoms. The van der Waals surface area contributed by atoms with E-state index in [1.165, 1.54) is 4.70 Å². The van der Waals surface area contributed by atoms with Gasteiger partial charge in [-0.15, -0.1) is 11.3 Å². The van der Waals surface area contributed by atoms with Crippen LogP contribution in [0.25, 0.3) is 10.2 Å². The molecule has 1 amide bonds. The highest BCUT2D eigenvalue weighted by Crippen LogP contribution is 2.23. The third-order valence-electron chi connectivity index (χ3n) is 3.65. The summed E-state index contributed by atoms with van der Waals surface area (Å²) in [5.41, 5.74) is 2.98. The van der Waals surface area contributed by atoms with Crippen molar-refractivity contribution in [1.29, 1.82) is 0 Å². The van der Waals surface area contributed by atoms with Crippen molar-refractivity contribution in [3.63, 3.8) is 0 Å². The van der Waals surface area contributed by atoms with Crippen LogP contribution >= 0.6 is 27.3 Å². The summed E-state index contributed by atoms with van der Waals surface area (Å²) in [7, 11) is 2.01. The average Bonchev–Trinajstić information content (AvgIpc) is 2.91. The largest absolute Gasteiger partial charge is 0.324 e. The highest BCUT2D eigenvalue weighted by molar-refractivity contribution is 9.10. The van der Waals surface area contributed by atoms with Crippen molar-refractivity contribution in [1.82, 2.24) is 4.98 Å². The Morgan fingerprint density at radius 3 is 2.83 bits per heavy atom. The van der Waals surface area contributed by atoms with Crippen molar-refractivity contribution in [2.75, 3.05) is 18.9 Å². The van der Waals surface area contributed by atoms with Crippen LogP contribution in [0.5, 0.6) is 0 Å². The number of amides is 1. The number of hydrogen-bond acceptors (Lipinski definition) is 3. The smallest absolute Gasteiger partial charge is 0.279 e. The molecule has 1 atom stereocenters. The molecule has 3 aromatic rings. The number of likely N-dealkylation sites (N-methyl/N-ethyl adjacent to an activating group) is 1. The molecule has 124 valence electrons. The van der Waals surface area contributed by atoms with Gasteiger partial charge in [0.25, 0.3) is 5.91 Å². The van der Waals surface area contributed by atoms with Gasteiger partial charge in [0.15, 0.2) is 6.54 Å². The van der Waals surface area contributed by atoms with Gasteiger partial charge in [-0.1, -0.05) is 18.2 Å². The van der Waals surface area contributed by atoms with E-state index in [-0.39, 0.29) is 5.91 Å². The zero-order chi connectivity index (χ0) is 17.1. The minimum atomic E-state index is -0.00170. The fourth-order valence-electron chi connectivity index (χ4n) is 2.51. The Morgan fingerprint density at radius 1 is 1.29 bits per heavy atom. The summed E-state index contributed by atoms with van der Waals surface area (Å²) in [6, 6.07) is 14.0. The van der Waals surface area contributed by atoms with Crippen molar-refractivity contribution >= 4 is 49.1 Å². The first-order chi connectivity index (χ1) is 11.5. The van der Waals surface area contributed by atoms with Gasteiger partial charge in [0.05, 0.1) is 23.0 Å². The first kappa shape index (κ1) is 17.1. The summed E-state index contributed by atoms with van der Waals surface area (Å²) in [4.78, 5) is 18.0. The molecule has 2 aromatic carbocycles. The third-order valence-corrected chi connectivity index (χ3v) is 5.34. The maximum Gasteiger partial charge on any atom is 0.279 e. The van der Waals surface area contributed by atoms with E-state index in [4.69, 9.17) is 0 Å². The van der Waals surface area contributed by atoms with Gasteiger partial charge >= 0.3 is 0 Å². The maximum atomic E-state index is 12.3. The summed E-state index contributed by atoms with van der Waals surface area (Å²) < 4.78 is 2.09.